The summed E-state index contributed by atoms with van der Waals surface area (Å²) in [5.41, 5.74) is 2.84. The number of piperidine rings is 1. The van der Waals surface area contributed by atoms with Crippen LogP contribution in [0.1, 0.15) is 45.8 Å². The van der Waals surface area contributed by atoms with Crippen molar-refractivity contribution in [2.75, 3.05) is 11.9 Å². The first-order valence-electron chi connectivity index (χ1n) is 13.1. The number of likely N-dealkylation sites (tertiary alicyclic amines) is 1. The number of carbonyl (C=O) groups excluding carboxylic acids is 2. The monoisotopic (exact) mass is 588 g/mol. The first-order valence-corrected chi connectivity index (χ1v) is 13.5. The Labute approximate surface area is 245 Å². The highest BCUT2D eigenvalue weighted by Crippen LogP contribution is 2.35. The molecule has 12 heteroatoms. The predicted octanol–water partition coefficient (Wildman–Crippen LogP) is 4.89. The third-order valence-corrected chi connectivity index (χ3v) is 7.42. The van der Waals surface area contributed by atoms with Crippen LogP contribution in [-0.2, 0) is 9.59 Å². The summed E-state index contributed by atoms with van der Waals surface area (Å²) in [5.74, 6) is -2.69. The second kappa shape index (κ2) is 12.3. The number of amides is 2. The van der Waals surface area contributed by atoms with E-state index in [1.54, 1.807) is 43.3 Å². The number of hydrogen-bond acceptors (Lipinski definition) is 6. The molecule has 0 bridgehead atoms. The van der Waals surface area contributed by atoms with Gasteiger partial charge in [0.2, 0.25) is 11.8 Å². The molecule has 2 atom stereocenters. The molecule has 5 rings (SSSR count). The lowest BCUT2D eigenvalue weighted by molar-refractivity contribution is -0.137. The number of aromatic nitrogens is 4. The van der Waals surface area contributed by atoms with Crippen LogP contribution in [0.15, 0.2) is 73.1 Å². The molecule has 0 radical (unpaired) electrons. The fourth-order valence-electron chi connectivity index (χ4n) is 5.12. The zero-order valence-corrected chi connectivity index (χ0v) is 23.2. The molecule has 3 aromatic carbocycles. The zero-order valence-electron chi connectivity index (χ0n) is 22.4. The Balaban J connectivity index is 1.47. The van der Waals surface area contributed by atoms with E-state index in [2.05, 4.69) is 20.8 Å². The number of rotatable bonds is 7. The van der Waals surface area contributed by atoms with Gasteiger partial charge in [-0.25, -0.2) is 9.18 Å². The highest BCUT2D eigenvalue weighted by Gasteiger charge is 2.39. The molecule has 2 heterocycles. The van der Waals surface area contributed by atoms with E-state index >= 15 is 0 Å². The number of benzene rings is 3. The standard InChI is InChI=1S/C30H26ClFN6O4/c1-18-15-20(6-11-25(18)32)24-3-2-14-37(28(24)29(40)34-23-9-4-19(5-10-23)30(41)42)27(39)13-7-21-16-22(31)8-12-26(21)38-17-33-35-36-38/h4-13,15-17,24,28H,2-3,14H2,1H3,(H,34,40)(H,41,42). The molecular weight excluding hydrogens is 563 g/mol. The van der Waals surface area contributed by atoms with Crippen molar-refractivity contribution in [1.29, 1.82) is 0 Å². The number of anilines is 1. The van der Waals surface area contributed by atoms with Crippen LogP contribution in [0.3, 0.4) is 0 Å². The lowest BCUT2D eigenvalue weighted by Gasteiger charge is -2.40. The van der Waals surface area contributed by atoms with Crippen molar-refractivity contribution in [3.63, 3.8) is 0 Å². The largest absolute Gasteiger partial charge is 0.478 e. The van der Waals surface area contributed by atoms with Crippen molar-refractivity contribution in [3.05, 3.63) is 106 Å². The van der Waals surface area contributed by atoms with Crippen LogP contribution in [0, 0.1) is 12.7 Å². The van der Waals surface area contributed by atoms with Crippen LogP contribution in [0.2, 0.25) is 5.02 Å². The van der Waals surface area contributed by atoms with E-state index in [1.165, 1.54) is 52.3 Å². The molecule has 0 saturated carbocycles. The average Bonchev–Trinajstić information content (AvgIpc) is 3.52. The second-order valence-electron chi connectivity index (χ2n) is 9.90. The zero-order chi connectivity index (χ0) is 29.8. The van der Waals surface area contributed by atoms with Crippen molar-refractivity contribution < 1.29 is 23.9 Å². The van der Waals surface area contributed by atoms with Crippen molar-refractivity contribution >= 4 is 41.1 Å². The minimum Gasteiger partial charge on any atom is -0.478 e. The number of tetrazole rings is 1. The summed E-state index contributed by atoms with van der Waals surface area (Å²) in [4.78, 5) is 40.2. The van der Waals surface area contributed by atoms with Gasteiger partial charge in [-0.15, -0.1) is 5.10 Å². The highest BCUT2D eigenvalue weighted by atomic mass is 35.5. The minimum absolute atomic E-state index is 0.0781. The van der Waals surface area contributed by atoms with E-state index in [0.29, 0.717) is 46.9 Å². The summed E-state index contributed by atoms with van der Waals surface area (Å²) in [5, 5.41) is 23.7. The topological polar surface area (TPSA) is 130 Å². The van der Waals surface area contributed by atoms with Gasteiger partial charge in [0.25, 0.3) is 0 Å². The Morgan fingerprint density at radius 1 is 1.10 bits per heavy atom. The smallest absolute Gasteiger partial charge is 0.335 e. The molecule has 2 N–H and O–H groups in total. The van der Waals surface area contributed by atoms with Crippen LogP contribution in [0.25, 0.3) is 11.8 Å². The van der Waals surface area contributed by atoms with Crippen LogP contribution in [0.4, 0.5) is 10.1 Å². The molecule has 2 unspecified atom stereocenters. The van der Waals surface area contributed by atoms with Crippen LogP contribution in [-0.4, -0.2) is 60.6 Å². The maximum Gasteiger partial charge on any atom is 0.335 e. The van der Waals surface area contributed by atoms with E-state index in [4.69, 9.17) is 11.6 Å². The number of halogens is 2. The maximum absolute atomic E-state index is 14.1. The van der Waals surface area contributed by atoms with Gasteiger partial charge in [0, 0.05) is 34.8 Å². The fraction of sp³-hybridized carbons (Fsp3) is 0.200. The Kier molecular flexibility index (Phi) is 8.39. The van der Waals surface area contributed by atoms with Gasteiger partial charge in [0.15, 0.2) is 0 Å². The first-order chi connectivity index (χ1) is 20.2. The Bertz CT molecular complexity index is 1660. The molecule has 1 saturated heterocycles. The molecule has 214 valence electrons. The third kappa shape index (κ3) is 6.21. The van der Waals surface area contributed by atoms with E-state index in [1.807, 2.05) is 0 Å². The second-order valence-corrected chi connectivity index (χ2v) is 10.3. The number of hydrogen-bond donors (Lipinski definition) is 2. The van der Waals surface area contributed by atoms with E-state index in [0.717, 1.165) is 5.56 Å². The normalized spacial score (nSPS) is 16.9. The molecule has 1 aliphatic rings. The Hall–Kier alpha value is -4.90. The van der Waals surface area contributed by atoms with Crippen molar-refractivity contribution in [2.45, 2.75) is 31.7 Å². The summed E-state index contributed by atoms with van der Waals surface area (Å²) in [6.07, 6.45) is 5.62. The van der Waals surface area contributed by atoms with Gasteiger partial charge in [-0.3, -0.25) is 9.59 Å². The number of carboxylic acids is 1. The van der Waals surface area contributed by atoms with E-state index in [-0.39, 0.29) is 11.4 Å². The van der Waals surface area contributed by atoms with E-state index in [9.17, 15) is 23.9 Å². The number of nitrogens with one attached hydrogen (secondary N) is 1. The van der Waals surface area contributed by atoms with Crippen LogP contribution >= 0.6 is 11.6 Å². The van der Waals surface area contributed by atoms with Gasteiger partial charge >= 0.3 is 5.97 Å². The lowest BCUT2D eigenvalue weighted by atomic mass is 9.82. The molecule has 1 aromatic heterocycles. The first kappa shape index (κ1) is 28.6. The summed E-state index contributed by atoms with van der Waals surface area (Å²) in [6.45, 7) is 1.98. The van der Waals surface area contributed by atoms with Gasteiger partial charge in [0.1, 0.15) is 18.2 Å². The van der Waals surface area contributed by atoms with Crippen molar-refractivity contribution in [3.8, 4) is 5.69 Å². The lowest BCUT2D eigenvalue weighted by Crippen LogP contribution is -2.53. The van der Waals surface area contributed by atoms with Gasteiger partial charge in [0.05, 0.1) is 11.3 Å². The molecule has 1 fully saturated rings. The van der Waals surface area contributed by atoms with Crippen LogP contribution < -0.4 is 5.32 Å². The predicted molar refractivity (Wildman–Crippen MR) is 154 cm³/mol. The highest BCUT2D eigenvalue weighted by molar-refractivity contribution is 6.30. The quantitative estimate of drug-likeness (QED) is 0.294. The summed E-state index contributed by atoms with van der Waals surface area (Å²) >= 11 is 6.22. The molecule has 42 heavy (non-hydrogen) atoms. The average molecular weight is 589 g/mol. The van der Waals surface area contributed by atoms with Gasteiger partial charge in [-0.1, -0.05) is 23.7 Å². The van der Waals surface area contributed by atoms with Crippen molar-refractivity contribution in [2.24, 2.45) is 0 Å². The Morgan fingerprint density at radius 2 is 1.88 bits per heavy atom. The number of aromatic carboxylic acids is 1. The third-order valence-electron chi connectivity index (χ3n) is 7.18. The molecule has 0 spiro atoms. The molecule has 0 aliphatic carbocycles. The van der Waals surface area contributed by atoms with Crippen molar-refractivity contribution in [1.82, 2.24) is 25.1 Å². The summed E-state index contributed by atoms with van der Waals surface area (Å²) < 4.78 is 15.6. The SMILES string of the molecule is Cc1cc(C2CCCN(C(=O)C=Cc3cc(Cl)ccc3-n3cnnn3)C2C(=O)Nc2ccc(C(=O)O)cc2)ccc1F. The molecule has 2 amide bonds. The van der Waals surface area contributed by atoms with Gasteiger partial charge in [-0.05, 0) is 95.9 Å². The van der Waals surface area contributed by atoms with E-state index < -0.39 is 29.7 Å². The number of nitrogens with zero attached hydrogens (tertiary/aromatic N) is 5. The molecular formula is C30H26ClFN6O4. The minimum atomic E-state index is -1.08. The van der Waals surface area contributed by atoms with Crippen LogP contribution in [0.5, 0.6) is 0 Å². The maximum atomic E-state index is 14.1. The fourth-order valence-corrected chi connectivity index (χ4v) is 5.30. The van der Waals surface area contributed by atoms with Gasteiger partial charge < -0.3 is 15.3 Å². The number of carbonyl (C=O) groups is 3. The molecule has 10 nitrogen and oxygen atoms in total. The summed E-state index contributed by atoms with van der Waals surface area (Å²) in [7, 11) is 0. The summed E-state index contributed by atoms with van der Waals surface area (Å²) in [6, 6.07) is 14.6. The Morgan fingerprint density at radius 3 is 2.57 bits per heavy atom. The van der Waals surface area contributed by atoms with Gasteiger partial charge in [-0.2, -0.15) is 4.68 Å². The molecule has 4 aromatic rings. The number of carboxylic acid groups (broad SMARTS) is 1. The number of aryl methyl sites for hydroxylation is 1. The molecule has 1 aliphatic heterocycles.